The molecule has 1 heteroatoms. The molecule has 1 aliphatic carbocycles. The highest BCUT2D eigenvalue weighted by Crippen LogP contribution is 2.43. The van der Waals surface area contributed by atoms with E-state index in [0.717, 1.165) is 11.8 Å². The Hall–Kier alpha value is -0.0400. The number of hydrogen-bond donors (Lipinski definition) is 1. The topological polar surface area (TPSA) is 12.0 Å². The number of nitrogens with one attached hydrogen (secondary N) is 1. The SMILES string of the molecule is CC(C)C1CCCC[C@@]12CCCN2. The zero-order valence-electron chi connectivity index (χ0n) is 9.10. The fraction of sp³-hybridized carbons (Fsp3) is 1.00. The molecule has 1 spiro atoms. The van der Waals surface area contributed by atoms with E-state index in [9.17, 15) is 0 Å². The van der Waals surface area contributed by atoms with Crippen LogP contribution in [0.4, 0.5) is 0 Å². The van der Waals surface area contributed by atoms with Gasteiger partial charge >= 0.3 is 0 Å². The van der Waals surface area contributed by atoms with Crippen LogP contribution < -0.4 is 5.32 Å². The van der Waals surface area contributed by atoms with E-state index >= 15 is 0 Å². The molecule has 13 heavy (non-hydrogen) atoms. The van der Waals surface area contributed by atoms with Gasteiger partial charge in [0.1, 0.15) is 0 Å². The largest absolute Gasteiger partial charge is 0.311 e. The summed E-state index contributed by atoms with van der Waals surface area (Å²) in [5.74, 6) is 1.81. The Morgan fingerprint density at radius 3 is 2.54 bits per heavy atom. The highest BCUT2D eigenvalue weighted by atomic mass is 15.0. The summed E-state index contributed by atoms with van der Waals surface area (Å²) < 4.78 is 0. The summed E-state index contributed by atoms with van der Waals surface area (Å²) in [6.07, 6.45) is 8.67. The standard InChI is InChI=1S/C12H23N/c1-10(2)11-6-3-4-7-12(11)8-5-9-13-12/h10-11,13H,3-9H2,1-2H3/t11?,12-/m1/s1. The highest BCUT2D eigenvalue weighted by Gasteiger charge is 2.43. The maximum Gasteiger partial charge on any atom is 0.0212 e. The fourth-order valence-electron chi connectivity index (χ4n) is 3.60. The first-order valence-corrected chi connectivity index (χ1v) is 6.00. The molecule has 0 radical (unpaired) electrons. The molecule has 0 aromatic rings. The molecule has 0 aromatic heterocycles. The molecule has 2 rings (SSSR count). The second-order valence-electron chi connectivity index (χ2n) is 5.28. The summed E-state index contributed by atoms with van der Waals surface area (Å²) in [6, 6.07) is 0. The Labute approximate surface area is 82.3 Å². The molecule has 0 bridgehead atoms. The first-order valence-electron chi connectivity index (χ1n) is 6.00. The van der Waals surface area contributed by atoms with E-state index in [2.05, 4.69) is 19.2 Å². The van der Waals surface area contributed by atoms with Gasteiger partial charge in [0.15, 0.2) is 0 Å². The average molecular weight is 181 g/mol. The van der Waals surface area contributed by atoms with Crippen LogP contribution in [0.5, 0.6) is 0 Å². The Balaban J connectivity index is 2.12. The molecule has 2 atom stereocenters. The normalized spacial score (nSPS) is 40.4. The van der Waals surface area contributed by atoms with Crippen LogP contribution in [0.3, 0.4) is 0 Å². The first kappa shape index (κ1) is 9.51. The quantitative estimate of drug-likeness (QED) is 0.656. The minimum atomic E-state index is 0.562. The van der Waals surface area contributed by atoms with Gasteiger partial charge in [-0.25, -0.2) is 0 Å². The van der Waals surface area contributed by atoms with E-state index in [1.807, 2.05) is 0 Å². The van der Waals surface area contributed by atoms with E-state index in [-0.39, 0.29) is 0 Å². The third-order valence-corrected chi connectivity index (χ3v) is 4.18. The summed E-state index contributed by atoms with van der Waals surface area (Å²) >= 11 is 0. The molecule has 2 aliphatic rings. The molecule has 1 unspecified atom stereocenters. The summed E-state index contributed by atoms with van der Waals surface area (Å²) in [6.45, 7) is 6.07. The van der Waals surface area contributed by atoms with E-state index in [0.29, 0.717) is 5.54 Å². The van der Waals surface area contributed by atoms with Crippen LogP contribution in [0.2, 0.25) is 0 Å². The lowest BCUT2D eigenvalue weighted by Gasteiger charge is -2.44. The van der Waals surface area contributed by atoms with Crippen molar-refractivity contribution in [3.8, 4) is 0 Å². The second-order valence-corrected chi connectivity index (χ2v) is 5.28. The average Bonchev–Trinajstić information content (AvgIpc) is 2.54. The van der Waals surface area contributed by atoms with Gasteiger partial charge < -0.3 is 5.32 Å². The summed E-state index contributed by atoms with van der Waals surface area (Å²) in [4.78, 5) is 0. The van der Waals surface area contributed by atoms with Gasteiger partial charge in [0.05, 0.1) is 0 Å². The third kappa shape index (κ3) is 1.63. The van der Waals surface area contributed by atoms with Gasteiger partial charge in [0.25, 0.3) is 0 Å². The minimum absolute atomic E-state index is 0.562. The van der Waals surface area contributed by atoms with E-state index in [4.69, 9.17) is 0 Å². The van der Waals surface area contributed by atoms with Crippen molar-refractivity contribution >= 4 is 0 Å². The van der Waals surface area contributed by atoms with Gasteiger partial charge in [-0.05, 0) is 44.1 Å². The van der Waals surface area contributed by atoms with Crippen LogP contribution in [-0.2, 0) is 0 Å². The maximum atomic E-state index is 3.80. The molecule has 1 nitrogen and oxygen atoms in total. The smallest absolute Gasteiger partial charge is 0.0212 e. The molecule has 2 fully saturated rings. The van der Waals surface area contributed by atoms with Crippen LogP contribution >= 0.6 is 0 Å². The van der Waals surface area contributed by atoms with Crippen LogP contribution in [0.1, 0.15) is 52.4 Å². The van der Waals surface area contributed by atoms with Gasteiger partial charge in [-0.1, -0.05) is 26.7 Å². The second kappa shape index (κ2) is 3.61. The molecule has 1 saturated carbocycles. The van der Waals surface area contributed by atoms with Gasteiger partial charge in [0.2, 0.25) is 0 Å². The molecule has 1 heterocycles. The van der Waals surface area contributed by atoms with Crippen molar-refractivity contribution in [2.45, 2.75) is 57.9 Å². The Kier molecular flexibility index (Phi) is 2.64. The molecule has 1 aliphatic heterocycles. The molecular formula is C12H23N. The van der Waals surface area contributed by atoms with Crippen molar-refractivity contribution < 1.29 is 0 Å². The zero-order chi connectivity index (χ0) is 9.31. The summed E-state index contributed by atoms with van der Waals surface area (Å²) in [7, 11) is 0. The van der Waals surface area contributed by atoms with Crippen molar-refractivity contribution in [1.29, 1.82) is 0 Å². The van der Waals surface area contributed by atoms with Gasteiger partial charge in [-0.15, -0.1) is 0 Å². The molecule has 0 amide bonds. The predicted octanol–water partition coefficient (Wildman–Crippen LogP) is 2.95. The zero-order valence-corrected chi connectivity index (χ0v) is 9.10. The Bertz CT molecular complexity index is 168. The van der Waals surface area contributed by atoms with Crippen LogP contribution in [-0.4, -0.2) is 12.1 Å². The predicted molar refractivity (Wildman–Crippen MR) is 56.8 cm³/mol. The molecule has 0 aromatic carbocycles. The van der Waals surface area contributed by atoms with Crippen molar-refractivity contribution in [2.24, 2.45) is 11.8 Å². The first-order chi connectivity index (χ1) is 6.25. The summed E-state index contributed by atoms with van der Waals surface area (Å²) in [5.41, 5.74) is 0.562. The van der Waals surface area contributed by atoms with Crippen molar-refractivity contribution in [3.05, 3.63) is 0 Å². The van der Waals surface area contributed by atoms with Crippen molar-refractivity contribution in [1.82, 2.24) is 5.32 Å². The Morgan fingerprint density at radius 2 is 1.92 bits per heavy atom. The van der Waals surface area contributed by atoms with Crippen LogP contribution in [0.15, 0.2) is 0 Å². The number of rotatable bonds is 1. The van der Waals surface area contributed by atoms with Crippen molar-refractivity contribution in [3.63, 3.8) is 0 Å². The van der Waals surface area contributed by atoms with Crippen LogP contribution in [0, 0.1) is 11.8 Å². The highest BCUT2D eigenvalue weighted by molar-refractivity contribution is 5.01. The monoisotopic (exact) mass is 181 g/mol. The van der Waals surface area contributed by atoms with Gasteiger partial charge in [-0.3, -0.25) is 0 Å². The van der Waals surface area contributed by atoms with Gasteiger partial charge in [-0.2, -0.15) is 0 Å². The lowest BCUT2D eigenvalue weighted by atomic mass is 9.67. The van der Waals surface area contributed by atoms with E-state index in [1.54, 1.807) is 0 Å². The molecule has 1 saturated heterocycles. The van der Waals surface area contributed by atoms with Crippen molar-refractivity contribution in [2.75, 3.05) is 6.54 Å². The lowest BCUT2D eigenvalue weighted by molar-refractivity contribution is 0.121. The maximum absolute atomic E-state index is 3.80. The van der Waals surface area contributed by atoms with E-state index < -0.39 is 0 Å². The Morgan fingerprint density at radius 1 is 1.15 bits per heavy atom. The molecular weight excluding hydrogens is 158 g/mol. The lowest BCUT2D eigenvalue weighted by Crippen LogP contribution is -2.50. The summed E-state index contributed by atoms with van der Waals surface area (Å²) in [5, 5.41) is 3.80. The number of hydrogen-bond acceptors (Lipinski definition) is 1. The van der Waals surface area contributed by atoms with Crippen LogP contribution in [0.25, 0.3) is 0 Å². The molecule has 1 N–H and O–H groups in total. The third-order valence-electron chi connectivity index (χ3n) is 4.18. The fourth-order valence-corrected chi connectivity index (χ4v) is 3.60. The molecule has 76 valence electrons. The van der Waals surface area contributed by atoms with E-state index in [1.165, 1.54) is 45.1 Å². The minimum Gasteiger partial charge on any atom is -0.311 e. The van der Waals surface area contributed by atoms with Gasteiger partial charge in [0, 0.05) is 5.54 Å².